The van der Waals surface area contributed by atoms with E-state index in [-0.39, 0.29) is 0 Å². The van der Waals surface area contributed by atoms with E-state index in [1.807, 2.05) is 6.08 Å². The maximum absolute atomic E-state index is 5.69. The Morgan fingerprint density at radius 3 is 3.16 bits per heavy atom. The van der Waals surface area contributed by atoms with Gasteiger partial charge >= 0.3 is 0 Å². The molecule has 102 valence electrons. The summed E-state index contributed by atoms with van der Waals surface area (Å²) in [6.07, 6.45) is 6.33. The van der Waals surface area contributed by atoms with Crippen LogP contribution in [0.2, 0.25) is 0 Å². The smallest absolute Gasteiger partial charge is 0.245 e. The summed E-state index contributed by atoms with van der Waals surface area (Å²) in [6.45, 7) is 7.20. The van der Waals surface area contributed by atoms with E-state index in [2.05, 4.69) is 38.8 Å². The minimum absolute atomic E-state index is 0.546. The summed E-state index contributed by atoms with van der Waals surface area (Å²) in [7, 11) is 0. The molecule has 0 unspecified atom stereocenters. The second-order valence-electron chi connectivity index (χ2n) is 4.16. The molecule has 2 heterocycles. The van der Waals surface area contributed by atoms with Crippen molar-refractivity contribution in [2.75, 3.05) is 18.5 Å². The molecule has 0 saturated heterocycles. The number of hydrogen-bond acceptors (Lipinski definition) is 5. The Kier molecular flexibility index (Phi) is 4.72. The standard InChI is InChI=1S/C13H19N5O/c1-3-5-6-8-19-12-10-11(16-9-15-10)17-13(18-12)14-7-4-2/h3,9H,1,4-8H2,2H3,(H2,14,15,16,17,18). The normalized spacial score (nSPS) is 10.6. The number of imidazole rings is 1. The van der Waals surface area contributed by atoms with Gasteiger partial charge in [0.2, 0.25) is 11.8 Å². The number of rotatable bonds is 8. The van der Waals surface area contributed by atoms with Crippen molar-refractivity contribution in [2.24, 2.45) is 0 Å². The first-order chi connectivity index (χ1) is 9.35. The number of allylic oxidation sites excluding steroid dienone is 1. The topological polar surface area (TPSA) is 75.7 Å². The summed E-state index contributed by atoms with van der Waals surface area (Å²) < 4.78 is 5.69. The fraction of sp³-hybridized carbons (Fsp3) is 0.462. The van der Waals surface area contributed by atoms with Crippen molar-refractivity contribution in [3.63, 3.8) is 0 Å². The van der Waals surface area contributed by atoms with Gasteiger partial charge in [-0.05, 0) is 19.3 Å². The molecule has 0 amide bonds. The van der Waals surface area contributed by atoms with Crippen molar-refractivity contribution < 1.29 is 4.74 Å². The van der Waals surface area contributed by atoms with E-state index in [9.17, 15) is 0 Å². The second kappa shape index (κ2) is 6.72. The number of fused-ring (bicyclic) bond motifs is 1. The SMILES string of the molecule is C=CCCCOc1nc(NCCC)nc2nc[nH]c12. The summed E-state index contributed by atoms with van der Waals surface area (Å²) in [6, 6.07) is 0. The van der Waals surface area contributed by atoms with E-state index in [4.69, 9.17) is 4.74 Å². The lowest BCUT2D eigenvalue weighted by Crippen LogP contribution is -2.07. The van der Waals surface area contributed by atoms with Gasteiger partial charge in [-0.25, -0.2) is 4.98 Å². The van der Waals surface area contributed by atoms with Crippen LogP contribution >= 0.6 is 0 Å². The maximum atomic E-state index is 5.69. The summed E-state index contributed by atoms with van der Waals surface area (Å²) in [4.78, 5) is 15.8. The zero-order chi connectivity index (χ0) is 13.5. The molecule has 2 aromatic heterocycles. The fourth-order valence-corrected chi connectivity index (χ4v) is 1.62. The molecule has 0 fully saturated rings. The highest BCUT2D eigenvalue weighted by molar-refractivity contribution is 5.76. The summed E-state index contributed by atoms with van der Waals surface area (Å²) in [5, 5.41) is 3.15. The summed E-state index contributed by atoms with van der Waals surface area (Å²) >= 11 is 0. The largest absolute Gasteiger partial charge is 0.476 e. The molecule has 0 atom stereocenters. The molecule has 0 aliphatic rings. The number of nitrogens with zero attached hydrogens (tertiary/aromatic N) is 3. The number of hydrogen-bond donors (Lipinski definition) is 2. The van der Waals surface area contributed by atoms with Crippen LogP contribution in [0.1, 0.15) is 26.2 Å². The van der Waals surface area contributed by atoms with Gasteiger partial charge in [0, 0.05) is 6.54 Å². The van der Waals surface area contributed by atoms with Crippen LogP contribution in [0.3, 0.4) is 0 Å². The maximum Gasteiger partial charge on any atom is 0.245 e. The molecule has 0 radical (unpaired) electrons. The predicted octanol–water partition coefficient (Wildman–Crippen LogP) is 2.52. The second-order valence-corrected chi connectivity index (χ2v) is 4.16. The molecular weight excluding hydrogens is 242 g/mol. The van der Waals surface area contributed by atoms with E-state index < -0.39 is 0 Å². The lowest BCUT2D eigenvalue weighted by Gasteiger charge is -2.08. The highest BCUT2D eigenvalue weighted by Gasteiger charge is 2.10. The van der Waals surface area contributed by atoms with Crippen LogP contribution in [0, 0.1) is 0 Å². The van der Waals surface area contributed by atoms with Crippen LogP contribution in [-0.4, -0.2) is 33.1 Å². The van der Waals surface area contributed by atoms with Crippen molar-refractivity contribution in [2.45, 2.75) is 26.2 Å². The number of unbranched alkanes of at least 4 members (excludes halogenated alkanes) is 1. The molecule has 19 heavy (non-hydrogen) atoms. The van der Waals surface area contributed by atoms with Crippen molar-refractivity contribution in [1.29, 1.82) is 0 Å². The van der Waals surface area contributed by atoms with Crippen LogP contribution in [0.5, 0.6) is 5.88 Å². The molecule has 0 aliphatic heterocycles. The third kappa shape index (κ3) is 3.43. The van der Waals surface area contributed by atoms with E-state index in [1.165, 1.54) is 0 Å². The molecule has 0 saturated carbocycles. The summed E-state index contributed by atoms with van der Waals surface area (Å²) in [5.74, 6) is 1.10. The summed E-state index contributed by atoms with van der Waals surface area (Å²) in [5.41, 5.74) is 1.35. The van der Waals surface area contributed by atoms with E-state index in [0.29, 0.717) is 24.1 Å². The van der Waals surface area contributed by atoms with Gasteiger partial charge in [-0.2, -0.15) is 9.97 Å². The van der Waals surface area contributed by atoms with E-state index in [0.717, 1.165) is 31.3 Å². The number of anilines is 1. The molecule has 0 bridgehead atoms. The van der Waals surface area contributed by atoms with Gasteiger partial charge in [0.05, 0.1) is 12.9 Å². The Hall–Kier alpha value is -2.11. The Bertz CT molecular complexity index is 537. The molecule has 6 nitrogen and oxygen atoms in total. The average molecular weight is 261 g/mol. The van der Waals surface area contributed by atoms with Crippen molar-refractivity contribution >= 4 is 17.1 Å². The number of H-pyrrole nitrogens is 1. The zero-order valence-corrected chi connectivity index (χ0v) is 11.1. The van der Waals surface area contributed by atoms with Crippen molar-refractivity contribution in [1.82, 2.24) is 19.9 Å². The lowest BCUT2D eigenvalue weighted by molar-refractivity contribution is 0.304. The molecule has 2 rings (SSSR count). The quantitative estimate of drug-likeness (QED) is 0.564. The third-order valence-corrected chi connectivity index (χ3v) is 2.58. The van der Waals surface area contributed by atoms with Crippen LogP contribution in [-0.2, 0) is 0 Å². The average Bonchev–Trinajstić information content (AvgIpc) is 2.89. The minimum atomic E-state index is 0.546. The van der Waals surface area contributed by atoms with Crippen LogP contribution < -0.4 is 10.1 Å². The van der Waals surface area contributed by atoms with Crippen molar-refractivity contribution in [3.05, 3.63) is 19.0 Å². The van der Waals surface area contributed by atoms with Crippen LogP contribution in [0.4, 0.5) is 5.95 Å². The van der Waals surface area contributed by atoms with Gasteiger partial charge in [0.25, 0.3) is 0 Å². The number of nitrogens with one attached hydrogen (secondary N) is 2. The molecule has 2 N–H and O–H groups in total. The van der Waals surface area contributed by atoms with Gasteiger partial charge in [-0.1, -0.05) is 13.0 Å². The van der Waals surface area contributed by atoms with Crippen LogP contribution in [0.25, 0.3) is 11.2 Å². The molecule has 0 spiro atoms. The lowest BCUT2D eigenvalue weighted by atomic mass is 10.3. The molecule has 0 aliphatic carbocycles. The molecule has 6 heteroatoms. The zero-order valence-electron chi connectivity index (χ0n) is 11.1. The monoisotopic (exact) mass is 261 g/mol. The Balaban J connectivity index is 2.14. The minimum Gasteiger partial charge on any atom is -0.476 e. The first-order valence-electron chi connectivity index (χ1n) is 6.53. The van der Waals surface area contributed by atoms with Gasteiger partial charge < -0.3 is 15.0 Å². The molecule has 2 aromatic rings. The number of ether oxygens (including phenoxy) is 1. The fourth-order valence-electron chi connectivity index (χ4n) is 1.62. The Morgan fingerprint density at radius 2 is 2.37 bits per heavy atom. The number of aromatic nitrogens is 4. The van der Waals surface area contributed by atoms with E-state index >= 15 is 0 Å². The molecular formula is C13H19N5O. The van der Waals surface area contributed by atoms with Crippen molar-refractivity contribution in [3.8, 4) is 5.88 Å². The van der Waals surface area contributed by atoms with E-state index in [1.54, 1.807) is 6.33 Å². The number of aromatic amines is 1. The Morgan fingerprint density at radius 1 is 1.47 bits per heavy atom. The molecule has 0 aromatic carbocycles. The third-order valence-electron chi connectivity index (χ3n) is 2.58. The highest BCUT2D eigenvalue weighted by atomic mass is 16.5. The first-order valence-corrected chi connectivity index (χ1v) is 6.53. The van der Waals surface area contributed by atoms with Gasteiger partial charge in [-0.3, -0.25) is 0 Å². The first kappa shape index (κ1) is 13.3. The van der Waals surface area contributed by atoms with Gasteiger partial charge in [0.15, 0.2) is 5.65 Å². The predicted molar refractivity (Wildman–Crippen MR) is 75.4 cm³/mol. The van der Waals surface area contributed by atoms with Gasteiger partial charge in [0.1, 0.15) is 5.52 Å². The van der Waals surface area contributed by atoms with Gasteiger partial charge in [-0.15, -0.1) is 6.58 Å². The van der Waals surface area contributed by atoms with Crippen LogP contribution in [0.15, 0.2) is 19.0 Å². The Labute approximate surface area is 112 Å². The highest BCUT2D eigenvalue weighted by Crippen LogP contribution is 2.21.